The van der Waals surface area contributed by atoms with Gasteiger partial charge in [0.15, 0.2) is 0 Å². The van der Waals surface area contributed by atoms with Crippen molar-refractivity contribution >= 4 is 38.4 Å². The zero-order valence-corrected chi connectivity index (χ0v) is 16.7. The van der Waals surface area contributed by atoms with Gasteiger partial charge < -0.3 is 9.88 Å². The molecule has 1 aliphatic rings. The summed E-state index contributed by atoms with van der Waals surface area (Å²) in [5.41, 5.74) is 0.741. The molecule has 0 radical (unpaired) electrons. The van der Waals surface area contributed by atoms with E-state index in [9.17, 15) is 8.42 Å². The van der Waals surface area contributed by atoms with Crippen molar-refractivity contribution in [1.82, 2.24) is 19.2 Å². The first-order chi connectivity index (χ1) is 10.9. The Kier molecular flexibility index (Phi) is 6.09. The molecule has 9 heteroatoms. The van der Waals surface area contributed by atoms with Gasteiger partial charge in [0.25, 0.3) is 0 Å². The highest BCUT2D eigenvalue weighted by atomic mass is 79.9. The van der Waals surface area contributed by atoms with Crippen molar-refractivity contribution < 1.29 is 8.42 Å². The molecule has 2 heterocycles. The first kappa shape index (κ1) is 19.4. The van der Waals surface area contributed by atoms with Gasteiger partial charge >= 0.3 is 0 Å². The van der Waals surface area contributed by atoms with Crippen LogP contribution in [0.15, 0.2) is 40.0 Å². The van der Waals surface area contributed by atoms with E-state index in [0.29, 0.717) is 24.5 Å². The molecule has 0 saturated carbocycles. The molecule has 1 saturated heterocycles. The summed E-state index contributed by atoms with van der Waals surface area (Å²) in [4.78, 5) is 4.69. The van der Waals surface area contributed by atoms with Crippen molar-refractivity contribution in [2.75, 3.05) is 19.6 Å². The average molecular weight is 436 g/mol. The van der Waals surface area contributed by atoms with E-state index in [0.717, 1.165) is 15.9 Å². The molecule has 1 aromatic heterocycles. The molecular formula is C15H20BrClN4O2S. The summed E-state index contributed by atoms with van der Waals surface area (Å²) in [5, 5.41) is 3.26. The van der Waals surface area contributed by atoms with Crippen LogP contribution in [0.2, 0.25) is 0 Å². The largest absolute Gasteiger partial charge is 0.337 e. The summed E-state index contributed by atoms with van der Waals surface area (Å²) in [6.45, 7) is 3.42. The second-order valence-corrected chi connectivity index (χ2v) is 8.42. The minimum absolute atomic E-state index is 0. The van der Waals surface area contributed by atoms with Crippen molar-refractivity contribution in [3.05, 3.63) is 46.5 Å². The van der Waals surface area contributed by atoms with Crippen LogP contribution in [-0.4, -0.2) is 41.9 Å². The number of piperazine rings is 1. The van der Waals surface area contributed by atoms with Crippen LogP contribution in [0.5, 0.6) is 0 Å². The number of hydrogen-bond acceptors (Lipinski definition) is 4. The SMILES string of the molecule is Cc1ccc(Br)cc1S(=O)(=O)N1CCNCC1c1nccn1C.Cl. The van der Waals surface area contributed by atoms with E-state index < -0.39 is 10.0 Å². The van der Waals surface area contributed by atoms with Gasteiger partial charge in [-0.25, -0.2) is 13.4 Å². The Morgan fingerprint density at radius 3 is 2.79 bits per heavy atom. The maximum Gasteiger partial charge on any atom is 0.244 e. The van der Waals surface area contributed by atoms with E-state index in [2.05, 4.69) is 26.2 Å². The lowest BCUT2D eigenvalue weighted by Crippen LogP contribution is -2.49. The number of benzene rings is 1. The highest BCUT2D eigenvalue weighted by Crippen LogP contribution is 2.30. The summed E-state index contributed by atoms with van der Waals surface area (Å²) in [7, 11) is -1.72. The Hall–Kier alpha value is -0.930. The maximum absolute atomic E-state index is 13.2. The summed E-state index contributed by atoms with van der Waals surface area (Å²) < 4.78 is 30.6. The lowest BCUT2D eigenvalue weighted by molar-refractivity contribution is 0.258. The number of imidazole rings is 1. The Morgan fingerprint density at radius 2 is 2.12 bits per heavy atom. The molecule has 6 nitrogen and oxygen atoms in total. The molecule has 2 aromatic rings. The fourth-order valence-electron chi connectivity index (χ4n) is 2.87. The normalized spacial score (nSPS) is 19.0. The number of halogens is 2. The van der Waals surface area contributed by atoms with E-state index in [-0.39, 0.29) is 18.4 Å². The predicted molar refractivity (Wildman–Crippen MR) is 98.8 cm³/mol. The third-order valence-electron chi connectivity index (χ3n) is 4.09. The fraction of sp³-hybridized carbons (Fsp3) is 0.400. The topological polar surface area (TPSA) is 67.2 Å². The fourth-order valence-corrected chi connectivity index (χ4v) is 5.22. The Morgan fingerprint density at radius 1 is 1.38 bits per heavy atom. The zero-order chi connectivity index (χ0) is 16.6. The predicted octanol–water partition coefficient (Wildman–Crippen LogP) is 2.25. The van der Waals surface area contributed by atoms with Gasteiger partial charge in [0.1, 0.15) is 5.82 Å². The number of rotatable bonds is 3. The van der Waals surface area contributed by atoms with E-state index in [1.807, 2.05) is 36.9 Å². The average Bonchev–Trinajstić information content (AvgIpc) is 2.95. The van der Waals surface area contributed by atoms with E-state index >= 15 is 0 Å². The van der Waals surface area contributed by atoms with Crippen LogP contribution in [0, 0.1) is 6.92 Å². The number of aryl methyl sites for hydroxylation is 2. The molecule has 1 atom stereocenters. The van der Waals surface area contributed by atoms with Gasteiger partial charge in [-0.2, -0.15) is 4.31 Å². The van der Waals surface area contributed by atoms with Gasteiger partial charge in [0.2, 0.25) is 10.0 Å². The van der Waals surface area contributed by atoms with Crippen molar-refractivity contribution in [1.29, 1.82) is 0 Å². The minimum Gasteiger partial charge on any atom is -0.337 e. The first-order valence-corrected chi connectivity index (χ1v) is 9.60. The molecule has 1 aromatic carbocycles. The lowest BCUT2D eigenvalue weighted by Gasteiger charge is -2.35. The Balaban J connectivity index is 0.00000208. The molecule has 24 heavy (non-hydrogen) atoms. The van der Waals surface area contributed by atoms with Gasteiger partial charge in [-0.1, -0.05) is 22.0 Å². The zero-order valence-electron chi connectivity index (χ0n) is 13.4. The molecular weight excluding hydrogens is 416 g/mol. The molecule has 0 amide bonds. The molecule has 0 spiro atoms. The van der Waals surface area contributed by atoms with Crippen molar-refractivity contribution in [2.45, 2.75) is 17.9 Å². The Labute approximate surface area is 156 Å². The van der Waals surface area contributed by atoms with Gasteiger partial charge in [-0.3, -0.25) is 0 Å². The molecule has 1 aliphatic heterocycles. The summed E-state index contributed by atoms with van der Waals surface area (Å²) in [5.74, 6) is 0.744. The second-order valence-electron chi connectivity index (χ2n) is 5.64. The van der Waals surface area contributed by atoms with E-state index in [4.69, 9.17) is 0 Å². The number of nitrogens with zero attached hydrogens (tertiary/aromatic N) is 3. The molecule has 132 valence electrons. The van der Waals surface area contributed by atoms with Crippen LogP contribution in [0.4, 0.5) is 0 Å². The smallest absolute Gasteiger partial charge is 0.244 e. The number of hydrogen-bond donors (Lipinski definition) is 1. The Bertz CT molecular complexity index is 825. The van der Waals surface area contributed by atoms with Crippen LogP contribution in [0.25, 0.3) is 0 Å². The van der Waals surface area contributed by atoms with Crippen molar-refractivity contribution in [3.63, 3.8) is 0 Å². The molecule has 0 aliphatic carbocycles. The van der Waals surface area contributed by atoms with Gasteiger partial charge in [0.05, 0.1) is 10.9 Å². The quantitative estimate of drug-likeness (QED) is 0.803. The number of nitrogens with one attached hydrogen (secondary N) is 1. The lowest BCUT2D eigenvalue weighted by atomic mass is 10.2. The highest BCUT2D eigenvalue weighted by molar-refractivity contribution is 9.10. The van der Waals surface area contributed by atoms with Gasteiger partial charge in [0, 0.05) is 43.5 Å². The van der Waals surface area contributed by atoms with Gasteiger partial charge in [-0.05, 0) is 24.6 Å². The van der Waals surface area contributed by atoms with Crippen LogP contribution in [0.3, 0.4) is 0 Å². The van der Waals surface area contributed by atoms with Crippen LogP contribution < -0.4 is 5.32 Å². The number of sulfonamides is 1. The van der Waals surface area contributed by atoms with Gasteiger partial charge in [-0.15, -0.1) is 12.4 Å². The van der Waals surface area contributed by atoms with E-state index in [1.54, 1.807) is 16.6 Å². The molecule has 3 rings (SSSR count). The summed E-state index contributed by atoms with van der Waals surface area (Å²) in [6.07, 6.45) is 3.53. The maximum atomic E-state index is 13.2. The van der Waals surface area contributed by atoms with Crippen LogP contribution in [0.1, 0.15) is 17.4 Å². The molecule has 1 unspecified atom stereocenters. The van der Waals surface area contributed by atoms with E-state index in [1.165, 1.54) is 0 Å². The first-order valence-electron chi connectivity index (χ1n) is 7.37. The third kappa shape index (κ3) is 3.52. The molecule has 1 fully saturated rings. The van der Waals surface area contributed by atoms with Crippen molar-refractivity contribution in [3.8, 4) is 0 Å². The second kappa shape index (κ2) is 7.53. The molecule has 0 bridgehead atoms. The van der Waals surface area contributed by atoms with Crippen LogP contribution in [-0.2, 0) is 17.1 Å². The molecule has 1 N–H and O–H groups in total. The van der Waals surface area contributed by atoms with Crippen molar-refractivity contribution in [2.24, 2.45) is 7.05 Å². The minimum atomic E-state index is -3.60. The monoisotopic (exact) mass is 434 g/mol. The summed E-state index contributed by atoms with van der Waals surface area (Å²) >= 11 is 3.37. The third-order valence-corrected chi connectivity index (χ3v) is 6.63. The highest BCUT2D eigenvalue weighted by Gasteiger charge is 2.37. The summed E-state index contributed by atoms with van der Waals surface area (Å²) in [6, 6.07) is 5.02. The standard InChI is InChI=1S/C15H19BrN4O2S.ClH/c1-11-3-4-12(16)9-14(11)23(21,22)20-8-5-17-10-13(20)15-18-6-7-19(15)2;/h3-4,6-7,9,13,17H,5,8,10H2,1-2H3;1H. The van der Waals surface area contributed by atoms with Crippen LogP contribution >= 0.6 is 28.3 Å². The number of aromatic nitrogens is 2.